The van der Waals surface area contributed by atoms with Crippen molar-refractivity contribution < 1.29 is 23.2 Å². The fourth-order valence-corrected chi connectivity index (χ4v) is 1.39. The van der Waals surface area contributed by atoms with Gasteiger partial charge in [-0.05, 0) is 6.54 Å². The number of hydrogen-bond donors (Lipinski definition) is 4. The van der Waals surface area contributed by atoms with Gasteiger partial charge in [0.1, 0.15) is 0 Å². The highest BCUT2D eigenvalue weighted by Crippen LogP contribution is 2.10. The molecule has 0 aliphatic rings. The molecule has 12 heavy (non-hydrogen) atoms. The van der Waals surface area contributed by atoms with E-state index in [1.165, 1.54) is 0 Å². The Morgan fingerprint density at radius 3 is 1.83 bits per heavy atom. The third-order valence-electron chi connectivity index (χ3n) is 1.50. The smallest absolute Gasteiger partial charge is 0.288 e. The zero-order valence-electron chi connectivity index (χ0n) is 6.69. The second-order valence-corrected chi connectivity index (χ2v) is 4.05. The van der Waals surface area contributed by atoms with Crippen LogP contribution in [-0.4, -0.2) is 47.8 Å². The minimum absolute atomic E-state index is 0.209. The van der Waals surface area contributed by atoms with E-state index in [1.54, 1.807) is 6.92 Å². The van der Waals surface area contributed by atoms with Crippen LogP contribution in [0, 0.1) is 0 Å². The molecule has 0 radical (unpaired) electrons. The molecule has 0 unspecified atom stereocenters. The molecule has 0 fully saturated rings. The maximum atomic E-state index is 10.7. The number of rotatable bonds is 5. The van der Waals surface area contributed by atoms with Gasteiger partial charge in [0.2, 0.25) is 0 Å². The lowest BCUT2D eigenvalue weighted by Gasteiger charge is -2.26. The molecule has 4 N–H and O–H groups in total. The minimum atomic E-state index is -4.50. The number of aliphatic hydroxyl groups is 2. The van der Waals surface area contributed by atoms with Gasteiger partial charge >= 0.3 is 0 Å². The minimum Gasteiger partial charge on any atom is -0.393 e. The molecular formula is C5H13NO5S. The van der Waals surface area contributed by atoms with Crippen molar-refractivity contribution in [1.29, 1.82) is 0 Å². The van der Waals surface area contributed by atoms with Crippen molar-refractivity contribution >= 4 is 10.1 Å². The summed E-state index contributed by atoms with van der Waals surface area (Å²) in [5.74, 6) is 0. The monoisotopic (exact) mass is 199 g/mol. The van der Waals surface area contributed by atoms with Crippen molar-refractivity contribution in [3.63, 3.8) is 0 Å². The number of hydrogen-bond acceptors (Lipinski definition) is 5. The Morgan fingerprint density at radius 2 is 1.75 bits per heavy atom. The summed E-state index contributed by atoms with van der Waals surface area (Å²) >= 11 is 0. The van der Waals surface area contributed by atoms with E-state index < -0.39 is 28.2 Å². The molecule has 0 aromatic rings. The van der Waals surface area contributed by atoms with E-state index >= 15 is 0 Å². The highest BCUT2D eigenvalue weighted by Gasteiger charge is 2.41. The third-order valence-corrected chi connectivity index (χ3v) is 2.89. The molecule has 6 nitrogen and oxygen atoms in total. The Bertz CT molecular complexity index is 220. The van der Waals surface area contributed by atoms with E-state index in [4.69, 9.17) is 14.8 Å². The second-order valence-electron chi connectivity index (χ2n) is 2.32. The number of aliphatic hydroxyl groups excluding tert-OH is 2. The molecule has 0 aliphatic carbocycles. The zero-order valence-corrected chi connectivity index (χ0v) is 7.50. The van der Waals surface area contributed by atoms with Crippen molar-refractivity contribution in [2.75, 3.05) is 19.8 Å². The summed E-state index contributed by atoms with van der Waals surface area (Å²) in [5, 5.41) is 19.7. The van der Waals surface area contributed by atoms with Gasteiger partial charge in [0.25, 0.3) is 10.1 Å². The first kappa shape index (κ1) is 11.8. The van der Waals surface area contributed by atoms with Gasteiger partial charge in [-0.2, -0.15) is 8.42 Å². The molecular weight excluding hydrogens is 186 g/mol. The Balaban J connectivity index is 4.83. The van der Waals surface area contributed by atoms with E-state index in [2.05, 4.69) is 5.32 Å². The van der Waals surface area contributed by atoms with Crippen molar-refractivity contribution in [2.45, 2.75) is 11.8 Å². The van der Waals surface area contributed by atoms with Gasteiger partial charge in [-0.15, -0.1) is 0 Å². The van der Waals surface area contributed by atoms with Gasteiger partial charge in [-0.25, -0.2) is 0 Å². The SMILES string of the molecule is CCNC(CO)(CO)S(=O)(=O)O. The maximum absolute atomic E-state index is 10.7. The molecule has 0 saturated carbocycles. The van der Waals surface area contributed by atoms with Crippen molar-refractivity contribution in [3.05, 3.63) is 0 Å². The van der Waals surface area contributed by atoms with Crippen LogP contribution in [0.4, 0.5) is 0 Å². The van der Waals surface area contributed by atoms with Gasteiger partial charge in [0, 0.05) is 0 Å². The van der Waals surface area contributed by atoms with Crippen molar-refractivity contribution in [2.24, 2.45) is 0 Å². The quantitative estimate of drug-likeness (QED) is 0.388. The van der Waals surface area contributed by atoms with Crippen LogP contribution in [0.15, 0.2) is 0 Å². The molecule has 0 aromatic heterocycles. The van der Waals surface area contributed by atoms with Crippen molar-refractivity contribution in [3.8, 4) is 0 Å². The second kappa shape index (κ2) is 4.15. The van der Waals surface area contributed by atoms with E-state index in [-0.39, 0.29) is 6.54 Å². The van der Waals surface area contributed by atoms with Crippen LogP contribution in [0.2, 0.25) is 0 Å². The molecule has 0 heterocycles. The summed E-state index contributed by atoms with van der Waals surface area (Å²) in [7, 11) is -4.50. The highest BCUT2D eigenvalue weighted by molar-refractivity contribution is 7.87. The fourth-order valence-electron chi connectivity index (χ4n) is 0.738. The van der Waals surface area contributed by atoms with Crippen LogP contribution in [0.3, 0.4) is 0 Å². The van der Waals surface area contributed by atoms with Gasteiger partial charge < -0.3 is 10.2 Å². The van der Waals surface area contributed by atoms with Crippen LogP contribution in [0.1, 0.15) is 6.92 Å². The Morgan fingerprint density at radius 1 is 1.33 bits per heavy atom. The fraction of sp³-hybridized carbons (Fsp3) is 1.00. The summed E-state index contributed by atoms with van der Waals surface area (Å²) < 4.78 is 30.0. The van der Waals surface area contributed by atoms with Crippen molar-refractivity contribution in [1.82, 2.24) is 5.32 Å². The number of nitrogens with one attached hydrogen (secondary N) is 1. The third kappa shape index (κ3) is 2.14. The maximum Gasteiger partial charge on any atom is 0.288 e. The van der Waals surface area contributed by atoms with Crippen LogP contribution >= 0.6 is 0 Å². The van der Waals surface area contributed by atoms with Crippen LogP contribution < -0.4 is 5.32 Å². The predicted molar refractivity (Wildman–Crippen MR) is 42.1 cm³/mol. The molecule has 0 bridgehead atoms. The molecule has 74 valence electrons. The molecule has 0 saturated heterocycles. The van der Waals surface area contributed by atoms with Gasteiger partial charge in [0.15, 0.2) is 4.87 Å². The predicted octanol–water partition coefficient (Wildman–Crippen LogP) is -1.84. The molecule has 7 heteroatoms. The van der Waals surface area contributed by atoms with Crippen LogP contribution in [-0.2, 0) is 10.1 Å². The summed E-state index contributed by atoms with van der Waals surface area (Å²) in [6, 6.07) is 0. The average molecular weight is 199 g/mol. The lowest BCUT2D eigenvalue weighted by Crippen LogP contribution is -2.57. The largest absolute Gasteiger partial charge is 0.393 e. The van der Waals surface area contributed by atoms with E-state index in [9.17, 15) is 8.42 Å². The highest BCUT2D eigenvalue weighted by atomic mass is 32.2. The van der Waals surface area contributed by atoms with Gasteiger partial charge in [-0.1, -0.05) is 6.92 Å². The normalized spacial score (nSPS) is 13.3. The molecule has 0 amide bonds. The van der Waals surface area contributed by atoms with Crippen LogP contribution in [0.5, 0.6) is 0 Å². The summed E-state index contributed by atoms with van der Waals surface area (Å²) in [5.41, 5.74) is 0. The summed E-state index contributed by atoms with van der Waals surface area (Å²) in [6.07, 6.45) is 0. The molecule has 0 aromatic carbocycles. The molecule has 0 rings (SSSR count). The van der Waals surface area contributed by atoms with E-state index in [1.807, 2.05) is 0 Å². The number of likely N-dealkylation sites (N-methyl/N-ethyl adjacent to an activating group) is 1. The van der Waals surface area contributed by atoms with Gasteiger partial charge in [-0.3, -0.25) is 9.87 Å². The first-order valence-corrected chi connectivity index (χ1v) is 4.81. The standard InChI is InChI=1S/C5H13NO5S/c1-2-6-5(3-7,4-8)12(9,10)11/h6-8H,2-4H2,1H3,(H,9,10,11). The Kier molecular flexibility index (Phi) is 4.08. The summed E-state index contributed by atoms with van der Waals surface area (Å²) in [4.78, 5) is -2.04. The lowest BCUT2D eigenvalue weighted by molar-refractivity contribution is 0.138. The topological polar surface area (TPSA) is 107 Å². The van der Waals surface area contributed by atoms with E-state index in [0.29, 0.717) is 0 Å². The average Bonchev–Trinajstić information content (AvgIpc) is 1.98. The zero-order chi connectivity index (χ0) is 9.83. The first-order chi connectivity index (χ1) is 5.43. The van der Waals surface area contributed by atoms with Crippen LogP contribution in [0.25, 0.3) is 0 Å². The molecule has 0 atom stereocenters. The Labute approximate surface area is 71.0 Å². The van der Waals surface area contributed by atoms with Gasteiger partial charge in [0.05, 0.1) is 13.2 Å². The Hall–Kier alpha value is -0.210. The summed E-state index contributed by atoms with van der Waals surface area (Å²) in [6.45, 7) is 0.0402. The molecule has 0 aliphatic heterocycles. The lowest BCUT2D eigenvalue weighted by atomic mass is 10.3. The van der Waals surface area contributed by atoms with E-state index in [0.717, 1.165) is 0 Å². The molecule has 0 spiro atoms. The first-order valence-electron chi connectivity index (χ1n) is 3.37.